The fourth-order valence-electron chi connectivity index (χ4n) is 3.33. The quantitative estimate of drug-likeness (QED) is 0.548. The van der Waals surface area contributed by atoms with Gasteiger partial charge in [0.1, 0.15) is 0 Å². The van der Waals surface area contributed by atoms with Gasteiger partial charge < -0.3 is 15.7 Å². The van der Waals surface area contributed by atoms with Crippen molar-refractivity contribution < 1.29 is 14.7 Å². The average molecular weight is 277 g/mol. The molecule has 1 saturated carbocycles. The summed E-state index contributed by atoms with van der Waals surface area (Å²) in [7, 11) is 0. The maximum absolute atomic E-state index is 10.8. The average Bonchev–Trinajstić information content (AvgIpc) is 2.10. The van der Waals surface area contributed by atoms with Gasteiger partial charge in [-0.2, -0.15) is 0 Å². The van der Waals surface area contributed by atoms with Gasteiger partial charge in [0, 0.05) is 12.6 Å². The van der Waals surface area contributed by atoms with Crippen LogP contribution in [0.15, 0.2) is 0 Å². The molecule has 0 spiro atoms. The van der Waals surface area contributed by atoms with Crippen LogP contribution >= 0.6 is 11.6 Å². The topological polar surface area (TPSA) is 78.4 Å². The Bertz CT molecular complexity index is 346. The minimum atomic E-state index is -0.999. The molecule has 2 atom stereocenters. The molecule has 0 aliphatic heterocycles. The monoisotopic (exact) mass is 276 g/mol. The van der Waals surface area contributed by atoms with Crippen molar-refractivity contribution in [1.82, 2.24) is 10.6 Å². The third-order valence-electron chi connectivity index (χ3n) is 3.43. The SMILES string of the molecule is CC1(C)CC(NC(=O)O)CC(C)(CNC(=O)Cl)C1. The molecule has 0 heterocycles. The molecule has 0 aromatic carbocycles. The standard InChI is InChI=1S/C12H21ClN2O3/c1-11(2)4-8(15-10(17)18)5-12(3,6-11)7-14-9(13)16/h8,15H,4-7H2,1-3H3,(H,14,16)(H,17,18). The van der Waals surface area contributed by atoms with Crippen LogP contribution in [0.25, 0.3) is 0 Å². The van der Waals surface area contributed by atoms with E-state index < -0.39 is 11.5 Å². The third-order valence-corrected chi connectivity index (χ3v) is 3.56. The van der Waals surface area contributed by atoms with E-state index in [0.29, 0.717) is 13.0 Å². The fourth-order valence-corrected chi connectivity index (χ4v) is 3.39. The molecule has 3 N–H and O–H groups in total. The van der Waals surface area contributed by atoms with Crippen LogP contribution in [0, 0.1) is 10.8 Å². The van der Waals surface area contributed by atoms with Gasteiger partial charge >= 0.3 is 11.5 Å². The fraction of sp³-hybridized carbons (Fsp3) is 0.833. The number of carbonyl (C=O) groups is 2. The van der Waals surface area contributed by atoms with Crippen LogP contribution in [0.5, 0.6) is 0 Å². The van der Waals surface area contributed by atoms with Crippen molar-refractivity contribution in [3.8, 4) is 0 Å². The van der Waals surface area contributed by atoms with Crippen LogP contribution < -0.4 is 10.6 Å². The van der Waals surface area contributed by atoms with Gasteiger partial charge in [-0.1, -0.05) is 20.8 Å². The normalized spacial score (nSPS) is 30.6. The van der Waals surface area contributed by atoms with Crippen molar-refractivity contribution in [2.75, 3.05) is 6.54 Å². The van der Waals surface area contributed by atoms with Gasteiger partial charge in [0.05, 0.1) is 0 Å². The lowest BCUT2D eigenvalue weighted by atomic mass is 9.62. The number of carbonyl (C=O) groups excluding carboxylic acids is 1. The minimum absolute atomic E-state index is 0.0388. The first kappa shape index (κ1) is 15.1. The molecule has 0 aromatic rings. The number of rotatable bonds is 3. The first-order chi connectivity index (χ1) is 8.12. The molecule has 1 fully saturated rings. The van der Waals surface area contributed by atoms with Crippen molar-refractivity contribution in [1.29, 1.82) is 0 Å². The first-order valence-electron chi connectivity index (χ1n) is 6.05. The molecule has 1 aliphatic rings. The Labute approximate surface area is 112 Å². The lowest BCUT2D eigenvalue weighted by Crippen LogP contribution is -2.49. The zero-order valence-electron chi connectivity index (χ0n) is 11.0. The van der Waals surface area contributed by atoms with E-state index in [1.807, 2.05) is 0 Å². The van der Waals surface area contributed by atoms with Crippen LogP contribution in [0.2, 0.25) is 0 Å². The molecule has 0 saturated heterocycles. The molecule has 5 nitrogen and oxygen atoms in total. The predicted octanol–water partition coefficient (Wildman–Crippen LogP) is 2.79. The number of amides is 2. The maximum Gasteiger partial charge on any atom is 0.404 e. The summed E-state index contributed by atoms with van der Waals surface area (Å²) in [6.45, 7) is 6.75. The molecule has 2 amide bonds. The van der Waals surface area contributed by atoms with Crippen LogP contribution in [-0.4, -0.2) is 29.2 Å². The maximum atomic E-state index is 10.8. The van der Waals surface area contributed by atoms with Crippen molar-refractivity contribution >= 4 is 23.1 Å². The number of carboxylic acid groups (broad SMARTS) is 1. The zero-order valence-corrected chi connectivity index (χ0v) is 11.8. The molecular formula is C12H21ClN2O3. The molecule has 0 radical (unpaired) electrons. The largest absolute Gasteiger partial charge is 0.465 e. The van der Waals surface area contributed by atoms with E-state index in [9.17, 15) is 9.59 Å². The molecule has 104 valence electrons. The third kappa shape index (κ3) is 4.72. The first-order valence-corrected chi connectivity index (χ1v) is 6.43. The highest BCUT2D eigenvalue weighted by molar-refractivity contribution is 6.62. The molecule has 18 heavy (non-hydrogen) atoms. The van der Waals surface area contributed by atoms with E-state index in [-0.39, 0.29) is 16.9 Å². The molecule has 0 aromatic heterocycles. The summed E-state index contributed by atoms with van der Waals surface area (Å²) in [6, 6.07) is -0.0801. The van der Waals surface area contributed by atoms with Gasteiger partial charge in [-0.15, -0.1) is 0 Å². The minimum Gasteiger partial charge on any atom is -0.465 e. The lowest BCUT2D eigenvalue weighted by molar-refractivity contribution is 0.0720. The lowest BCUT2D eigenvalue weighted by Gasteiger charge is -2.46. The van der Waals surface area contributed by atoms with E-state index in [1.54, 1.807) is 0 Å². The van der Waals surface area contributed by atoms with Gasteiger partial charge in [0.25, 0.3) is 0 Å². The Morgan fingerprint density at radius 2 is 1.94 bits per heavy atom. The summed E-state index contributed by atoms with van der Waals surface area (Å²) in [5.74, 6) is 0. The van der Waals surface area contributed by atoms with Gasteiger partial charge in [-0.05, 0) is 41.7 Å². The van der Waals surface area contributed by atoms with Crippen LogP contribution in [0.1, 0.15) is 40.0 Å². The summed E-state index contributed by atoms with van der Waals surface area (Å²) in [5, 5.41) is 13.4. The van der Waals surface area contributed by atoms with Crippen LogP contribution in [0.4, 0.5) is 9.59 Å². The van der Waals surface area contributed by atoms with Gasteiger partial charge in [-0.3, -0.25) is 4.79 Å². The second-order valence-corrected chi connectivity index (χ2v) is 6.68. The molecule has 1 aliphatic carbocycles. The predicted molar refractivity (Wildman–Crippen MR) is 69.9 cm³/mol. The molecule has 0 bridgehead atoms. The summed E-state index contributed by atoms with van der Waals surface area (Å²) in [5.41, 5.74) is -0.101. The molecular weight excluding hydrogens is 256 g/mol. The van der Waals surface area contributed by atoms with E-state index in [1.165, 1.54) is 0 Å². The number of hydrogen-bond donors (Lipinski definition) is 3. The zero-order chi connectivity index (χ0) is 14.0. The van der Waals surface area contributed by atoms with Crippen molar-refractivity contribution in [2.45, 2.75) is 46.1 Å². The van der Waals surface area contributed by atoms with E-state index in [0.717, 1.165) is 12.8 Å². The number of halogens is 1. The van der Waals surface area contributed by atoms with Crippen molar-refractivity contribution in [3.05, 3.63) is 0 Å². The second kappa shape index (κ2) is 5.34. The van der Waals surface area contributed by atoms with Crippen molar-refractivity contribution in [3.63, 3.8) is 0 Å². The molecule has 2 unspecified atom stereocenters. The molecule has 1 rings (SSSR count). The van der Waals surface area contributed by atoms with Gasteiger partial charge in [-0.25, -0.2) is 4.79 Å². The Morgan fingerprint density at radius 1 is 1.33 bits per heavy atom. The van der Waals surface area contributed by atoms with Gasteiger partial charge in [0.15, 0.2) is 0 Å². The summed E-state index contributed by atoms with van der Waals surface area (Å²) < 4.78 is 0. The van der Waals surface area contributed by atoms with Crippen molar-refractivity contribution in [2.24, 2.45) is 10.8 Å². The van der Waals surface area contributed by atoms with E-state index in [4.69, 9.17) is 16.7 Å². The van der Waals surface area contributed by atoms with Crippen LogP contribution in [0.3, 0.4) is 0 Å². The second-order valence-electron chi connectivity index (χ2n) is 6.33. The Kier molecular flexibility index (Phi) is 4.48. The van der Waals surface area contributed by atoms with Gasteiger partial charge in [0.2, 0.25) is 0 Å². The highest BCUT2D eigenvalue weighted by Crippen LogP contribution is 2.45. The summed E-state index contributed by atoms with van der Waals surface area (Å²) in [6.07, 6.45) is 1.44. The Balaban J connectivity index is 2.72. The highest BCUT2D eigenvalue weighted by Gasteiger charge is 2.41. The smallest absolute Gasteiger partial charge is 0.404 e. The highest BCUT2D eigenvalue weighted by atomic mass is 35.5. The Hall–Kier alpha value is -0.970. The summed E-state index contributed by atoms with van der Waals surface area (Å²) in [4.78, 5) is 21.5. The van der Waals surface area contributed by atoms with Crippen LogP contribution in [-0.2, 0) is 0 Å². The number of hydrogen-bond acceptors (Lipinski definition) is 2. The Morgan fingerprint density at radius 3 is 2.44 bits per heavy atom. The van der Waals surface area contributed by atoms with E-state index >= 15 is 0 Å². The number of nitrogens with one attached hydrogen (secondary N) is 2. The summed E-state index contributed by atoms with van der Waals surface area (Å²) >= 11 is 5.29. The molecule has 6 heteroatoms. The van der Waals surface area contributed by atoms with E-state index in [2.05, 4.69) is 31.4 Å².